The van der Waals surface area contributed by atoms with E-state index in [0.29, 0.717) is 4.47 Å². The first-order valence-corrected chi connectivity index (χ1v) is 5.15. The maximum atomic E-state index is 13.3. The highest BCUT2D eigenvalue weighted by atomic mass is 79.9. The number of hydrogen-bond donors (Lipinski definition) is 0. The third-order valence-corrected chi connectivity index (χ3v) is 2.24. The van der Waals surface area contributed by atoms with E-state index in [1.165, 1.54) is 6.07 Å². The second-order valence-electron chi connectivity index (χ2n) is 2.98. The van der Waals surface area contributed by atoms with Gasteiger partial charge in [0.05, 0.1) is 6.07 Å². The zero-order chi connectivity index (χ0) is 12.4. The van der Waals surface area contributed by atoms with Gasteiger partial charge in [0.25, 0.3) is 0 Å². The van der Waals surface area contributed by atoms with Crippen LogP contribution in [0.4, 0.5) is 13.2 Å². The van der Waals surface area contributed by atoms with Gasteiger partial charge in [-0.15, -0.1) is 0 Å². The van der Waals surface area contributed by atoms with Gasteiger partial charge in [-0.2, -0.15) is 8.78 Å². The van der Waals surface area contributed by atoms with Crippen molar-refractivity contribution in [2.75, 3.05) is 0 Å². The molecule has 0 amide bonds. The molecule has 17 heavy (non-hydrogen) atoms. The molecule has 0 fully saturated rings. The largest absolute Gasteiger partial charge is 0.436 e. The van der Waals surface area contributed by atoms with E-state index in [4.69, 9.17) is 4.74 Å². The van der Waals surface area contributed by atoms with E-state index in [2.05, 4.69) is 25.9 Å². The number of halogens is 4. The smallest absolute Gasteiger partial charge is 0.225 e. The van der Waals surface area contributed by atoms with Gasteiger partial charge in [-0.1, -0.05) is 15.9 Å². The summed E-state index contributed by atoms with van der Waals surface area (Å²) in [7, 11) is 0. The average molecular weight is 305 g/mol. The summed E-state index contributed by atoms with van der Waals surface area (Å²) in [6.45, 7) is 0. The average Bonchev–Trinajstić information content (AvgIpc) is 2.25. The first-order valence-electron chi connectivity index (χ1n) is 4.36. The van der Waals surface area contributed by atoms with Crippen molar-refractivity contribution in [1.29, 1.82) is 0 Å². The molecule has 7 heteroatoms. The molecule has 0 saturated carbocycles. The van der Waals surface area contributed by atoms with E-state index < -0.39 is 23.3 Å². The Hall–Kier alpha value is -1.63. The van der Waals surface area contributed by atoms with Gasteiger partial charge < -0.3 is 4.74 Å². The van der Waals surface area contributed by atoms with Gasteiger partial charge in [0, 0.05) is 4.47 Å². The summed E-state index contributed by atoms with van der Waals surface area (Å²) >= 11 is 2.98. The number of benzene rings is 1. The SMILES string of the molecule is Fc1cc(Oc2cc(Br)cc(F)c2F)ncn1. The van der Waals surface area contributed by atoms with Gasteiger partial charge >= 0.3 is 0 Å². The molecule has 1 aromatic heterocycles. The molecule has 2 rings (SSSR count). The minimum absolute atomic E-state index is 0.214. The fraction of sp³-hybridized carbons (Fsp3) is 0. The lowest BCUT2D eigenvalue weighted by molar-refractivity contribution is 0.400. The summed E-state index contributed by atoms with van der Waals surface area (Å²) in [6, 6.07) is 3.01. The molecule has 2 aromatic rings. The molecule has 0 atom stereocenters. The molecular formula is C10H4BrF3N2O. The summed E-state index contributed by atoms with van der Waals surface area (Å²) in [4.78, 5) is 6.76. The number of nitrogens with zero attached hydrogens (tertiary/aromatic N) is 2. The first kappa shape index (κ1) is 11.8. The van der Waals surface area contributed by atoms with Crippen LogP contribution in [0.15, 0.2) is 29.0 Å². The molecule has 0 N–H and O–H groups in total. The number of hydrogen-bond acceptors (Lipinski definition) is 3. The maximum Gasteiger partial charge on any atom is 0.225 e. The van der Waals surface area contributed by atoms with E-state index in [1.54, 1.807) is 0 Å². The van der Waals surface area contributed by atoms with E-state index in [0.717, 1.165) is 18.5 Å². The van der Waals surface area contributed by atoms with Crippen molar-refractivity contribution in [3.05, 3.63) is 46.6 Å². The summed E-state index contributed by atoms with van der Waals surface area (Å²) < 4.78 is 44.3. The fourth-order valence-electron chi connectivity index (χ4n) is 1.09. The quantitative estimate of drug-likeness (QED) is 0.629. The zero-order valence-corrected chi connectivity index (χ0v) is 9.71. The van der Waals surface area contributed by atoms with Crippen molar-refractivity contribution in [3.8, 4) is 11.6 Å². The third kappa shape index (κ3) is 2.73. The molecule has 1 aromatic carbocycles. The lowest BCUT2D eigenvalue weighted by atomic mass is 10.3. The van der Waals surface area contributed by atoms with Crippen LogP contribution >= 0.6 is 15.9 Å². The van der Waals surface area contributed by atoms with Gasteiger partial charge in [0.1, 0.15) is 6.33 Å². The van der Waals surface area contributed by atoms with Crippen LogP contribution < -0.4 is 4.74 Å². The molecule has 0 unspecified atom stereocenters. The summed E-state index contributed by atoms with van der Waals surface area (Å²) in [6.07, 6.45) is 0.914. The molecular weight excluding hydrogens is 301 g/mol. The van der Waals surface area contributed by atoms with E-state index in [-0.39, 0.29) is 5.88 Å². The van der Waals surface area contributed by atoms with E-state index in [1.807, 2.05) is 0 Å². The fourth-order valence-corrected chi connectivity index (χ4v) is 1.50. The van der Waals surface area contributed by atoms with Gasteiger partial charge in [0.15, 0.2) is 11.6 Å². The lowest BCUT2D eigenvalue weighted by Crippen LogP contribution is -1.95. The van der Waals surface area contributed by atoms with Crippen molar-refractivity contribution < 1.29 is 17.9 Å². The predicted molar refractivity (Wildman–Crippen MR) is 56.1 cm³/mol. The number of aromatic nitrogens is 2. The number of rotatable bonds is 2. The van der Waals surface area contributed by atoms with Gasteiger partial charge in [-0.3, -0.25) is 0 Å². The van der Waals surface area contributed by atoms with E-state index >= 15 is 0 Å². The Balaban J connectivity index is 2.36. The summed E-state index contributed by atoms with van der Waals surface area (Å²) in [5, 5.41) is 0. The molecule has 0 spiro atoms. The van der Waals surface area contributed by atoms with Crippen LogP contribution in [0.2, 0.25) is 0 Å². The zero-order valence-electron chi connectivity index (χ0n) is 8.12. The van der Waals surface area contributed by atoms with Gasteiger partial charge in [-0.05, 0) is 12.1 Å². The molecule has 1 heterocycles. The molecule has 3 nitrogen and oxygen atoms in total. The Morgan fingerprint density at radius 2 is 1.82 bits per heavy atom. The topological polar surface area (TPSA) is 35.0 Å². The van der Waals surface area contributed by atoms with Gasteiger partial charge in [-0.25, -0.2) is 14.4 Å². The minimum atomic E-state index is -1.17. The van der Waals surface area contributed by atoms with Crippen molar-refractivity contribution in [2.24, 2.45) is 0 Å². The Labute approximate surface area is 102 Å². The van der Waals surface area contributed by atoms with Crippen molar-refractivity contribution in [1.82, 2.24) is 9.97 Å². The van der Waals surface area contributed by atoms with Crippen LogP contribution in [0.1, 0.15) is 0 Å². The summed E-state index contributed by atoms with van der Waals surface area (Å²) in [5.74, 6) is -3.69. The minimum Gasteiger partial charge on any atom is -0.436 e. The highest BCUT2D eigenvalue weighted by Gasteiger charge is 2.13. The highest BCUT2D eigenvalue weighted by Crippen LogP contribution is 2.28. The van der Waals surface area contributed by atoms with Crippen LogP contribution in [0.25, 0.3) is 0 Å². The van der Waals surface area contributed by atoms with Crippen LogP contribution in [-0.2, 0) is 0 Å². The number of ether oxygens (including phenoxy) is 1. The van der Waals surface area contributed by atoms with Crippen LogP contribution in [0.5, 0.6) is 11.6 Å². The van der Waals surface area contributed by atoms with Crippen LogP contribution in [-0.4, -0.2) is 9.97 Å². The second kappa shape index (κ2) is 4.70. The van der Waals surface area contributed by atoms with Crippen molar-refractivity contribution >= 4 is 15.9 Å². The Morgan fingerprint density at radius 1 is 1.06 bits per heavy atom. The standard InChI is InChI=1S/C10H4BrF3N2O/c11-5-1-6(12)10(14)7(2-5)17-9-3-8(13)15-4-16-9/h1-4H. The summed E-state index contributed by atoms with van der Waals surface area (Å²) in [5.41, 5.74) is 0. The van der Waals surface area contributed by atoms with Crippen molar-refractivity contribution in [2.45, 2.75) is 0 Å². The van der Waals surface area contributed by atoms with E-state index in [9.17, 15) is 13.2 Å². The second-order valence-corrected chi connectivity index (χ2v) is 3.90. The predicted octanol–water partition coefficient (Wildman–Crippen LogP) is 3.45. The molecule has 0 bridgehead atoms. The first-order chi connectivity index (χ1) is 8.06. The molecule has 0 saturated heterocycles. The Bertz CT molecular complexity index is 565. The Morgan fingerprint density at radius 3 is 2.53 bits per heavy atom. The van der Waals surface area contributed by atoms with Gasteiger partial charge in [0.2, 0.25) is 17.6 Å². The molecule has 88 valence electrons. The van der Waals surface area contributed by atoms with Crippen molar-refractivity contribution in [3.63, 3.8) is 0 Å². The Kier molecular flexibility index (Phi) is 3.28. The third-order valence-electron chi connectivity index (χ3n) is 1.78. The maximum absolute atomic E-state index is 13.3. The molecule has 0 aliphatic carbocycles. The van der Waals surface area contributed by atoms with Crippen LogP contribution in [0.3, 0.4) is 0 Å². The normalized spacial score (nSPS) is 10.4. The highest BCUT2D eigenvalue weighted by molar-refractivity contribution is 9.10. The monoisotopic (exact) mass is 304 g/mol. The van der Waals surface area contributed by atoms with Crippen LogP contribution in [0, 0.1) is 17.6 Å². The molecule has 0 aliphatic heterocycles. The molecule has 0 radical (unpaired) electrons. The lowest BCUT2D eigenvalue weighted by Gasteiger charge is -2.06. The molecule has 0 aliphatic rings.